The molecule has 1 aliphatic rings. The van der Waals surface area contributed by atoms with E-state index >= 15 is 0 Å². The molecule has 0 radical (unpaired) electrons. The van der Waals surface area contributed by atoms with E-state index in [1.54, 1.807) is 0 Å². The summed E-state index contributed by atoms with van der Waals surface area (Å²) in [5.74, 6) is 0. The summed E-state index contributed by atoms with van der Waals surface area (Å²) < 4.78 is 3.02. The van der Waals surface area contributed by atoms with Gasteiger partial charge in [0, 0.05) is 30.5 Å². The number of likely N-dealkylation sites (N-methyl/N-ethyl adjacent to an activating group) is 1. The minimum absolute atomic E-state index is 0.554. The highest BCUT2D eigenvalue weighted by molar-refractivity contribution is 7.71. The number of hydrogen-bond acceptors (Lipinski definition) is 2. The fourth-order valence-electron chi connectivity index (χ4n) is 1.94. The third-order valence-corrected chi connectivity index (χ3v) is 3.68. The topological polar surface area (TPSA) is 24.0 Å². The van der Waals surface area contributed by atoms with Crippen LogP contribution in [-0.2, 0) is 6.54 Å². The summed E-state index contributed by atoms with van der Waals surface area (Å²) in [7, 11) is 2.22. The molecule has 1 heterocycles. The van der Waals surface area contributed by atoms with Gasteiger partial charge in [-0.1, -0.05) is 0 Å². The van der Waals surface area contributed by atoms with Gasteiger partial charge in [-0.05, 0) is 46.0 Å². The van der Waals surface area contributed by atoms with Crippen molar-refractivity contribution in [1.82, 2.24) is 14.5 Å². The van der Waals surface area contributed by atoms with E-state index in [0.717, 1.165) is 17.4 Å². The maximum atomic E-state index is 5.25. The Morgan fingerprint density at radius 3 is 2.80 bits per heavy atom. The average Bonchev–Trinajstić information content (AvgIpc) is 3.00. The van der Waals surface area contributed by atoms with Crippen LogP contribution in [0.2, 0.25) is 0 Å². The smallest absolute Gasteiger partial charge is 0.177 e. The number of imidazole rings is 1. The second-order valence-corrected chi connectivity index (χ2v) is 4.98. The van der Waals surface area contributed by atoms with Crippen LogP contribution >= 0.6 is 12.2 Å². The standard InChI is InChI=1S/C11H19N3S/c1-8-6-12-11(15)14(8)7-9(2)13(3)10-4-5-10/h6,9-10H,4-5,7H2,1-3H3,(H,12,15). The number of nitrogens with zero attached hydrogens (tertiary/aromatic N) is 2. The van der Waals surface area contributed by atoms with Crippen molar-refractivity contribution in [2.24, 2.45) is 0 Å². The molecule has 0 bridgehead atoms. The van der Waals surface area contributed by atoms with Crippen molar-refractivity contribution in [3.05, 3.63) is 16.7 Å². The molecule has 1 atom stereocenters. The summed E-state index contributed by atoms with van der Waals surface area (Å²) in [4.78, 5) is 5.55. The van der Waals surface area contributed by atoms with Gasteiger partial charge in [-0.2, -0.15) is 0 Å². The molecule has 2 rings (SSSR count). The minimum Gasteiger partial charge on any atom is -0.337 e. The monoisotopic (exact) mass is 225 g/mol. The number of rotatable bonds is 4. The summed E-state index contributed by atoms with van der Waals surface area (Å²) >= 11 is 5.25. The van der Waals surface area contributed by atoms with Crippen LogP contribution in [0.15, 0.2) is 6.20 Å². The van der Waals surface area contributed by atoms with Gasteiger partial charge >= 0.3 is 0 Å². The molecule has 1 aromatic heterocycles. The predicted octanol–water partition coefficient (Wildman–Crippen LogP) is 2.34. The van der Waals surface area contributed by atoms with Crippen LogP contribution in [-0.4, -0.2) is 33.6 Å². The van der Waals surface area contributed by atoms with E-state index in [1.807, 2.05) is 6.20 Å². The van der Waals surface area contributed by atoms with E-state index < -0.39 is 0 Å². The Bertz CT molecular complexity index is 389. The molecule has 1 saturated carbocycles. The first kappa shape index (κ1) is 10.9. The lowest BCUT2D eigenvalue weighted by atomic mass is 10.3. The van der Waals surface area contributed by atoms with Crippen LogP contribution in [0.4, 0.5) is 0 Å². The van der Waals surface area contributed by atoms with Crippen LogP contribution < -0.4 is 0 Å². The first-order valence-corrected chi connectivity index (χ1v) is 5.97. The minimum atomic E-state index is 0.554. The average molecular weight is 225 g/mol. The number of aryl methyl sites for hydroxylation is 1. The van der Waals surface area contributed by atoms with E-state index in [0.29, 0.717) is 6.04 Å². The summed E-state index contributed by atoms with van der Waals surface area (Å²) in [6.45, 7) is 5.35. The highest BCUT2D eigenvalue weighted by atomic mass is 32.1. The van der Waals surface area contributed by atoms with Crippen molar-refractivity contribution in [3.8, 4) is 0 Å². The van der Waals surface area contributed by atoms with Gasteiger partial charge in [0.15, 0.2) is 4.77 Å². The first-order chi connectivity index (χ1) is 7.09. The van der Waals surface area contributed by atoms with Crippen molar-refractivity contribution in [2.75, 3.05) is 7.05 Å². The molecule has 15 heavy (non-hydrogen) atoms. The van der Waals surface area contributed by atoms with Gasteiger partial charge in [0.05, 0.1) is 0 Å². The molecule has 0 saturated heterocycles. The number of H-pyrrole nitrogens is 1. The van der Waals surface area contributed by atoms with Gasteiger partial charge in [-0.15, -0.1) is 0 Å². The van der Waals surface area contributed by atoms with E-state index in [4.69, 9.17) is 12.2 Å². The Kier molecular flexibility index (Phi) is 2.98. The molecule has 0 spiro atoms. The fraction of sp³-hybridized carbons (Fsp3) is 0.727. The van der Waals surface area contributed by atoms with Crippen LogP contribution in [0.25, 0.3) is 0 Å². The van der Waals surface area contributed by atoms with Gasteiger partial charge in [0.1, 0.15) is 0 Å². The van der Waals surface area contributed by atoms with Crippen molar-refractivity contribution < 1.29 is 0 Å². The molecular formula is C11H19N3S. The summed E-state index contributed by atoms with van der Waals surface area (Å²) in [5, 5.41) is 0. The van der Waals surface area contributed by atoms with Crippen molar-refractivity contribution in [2.45, 2.75) is 45.3 Å². The second-order valence-electron chi connectivity index (χ2n) is 4.59. The lowest BCUT2D eigenvalue weighted by Crippen LogP contribution is -2.34. The molecule has 0 aliphatic heterocycles. The first-order valence-electron chi connectivity index (χ1n) is 5.56. The third kappa shape index (κ3) is 2.32. The van der Waals surface area contributed by atoms with Crippen molar-refractivity contribution in [1.29, 1.82) is 0 Å². The Morgan fingerprint density at radius 1 is 1.67 bits per heavy atom. The summed E-state index contributed by atoms with van der Waals surface area (Å²) in [6.07, 6.45) is 4.70. The SMILES string of the molecule is Cc1c[nH]c(=S)n1CC(C)N(C)C1CC1. The highest BCUT2D eigenvalue weighted by Crippen LogP contribution is 2.27. The second kappa shape index (κ2) is 4.10. The predicted molar refractivity (Wildman–Crippen MR) is 64.6 cm³/mol. The normalized spacial score (nSPS) is 18.4. The number of aromatic nitrogens is 2. The number of aromatic amines is 1. The Hall–Kier alpha value is -0.610. The van der Waals surface area contributed by atoms with Crippen LogP contribution in [0.5, 0.6) is 0 Å². The van der Waals surface area contributed by atoms with Gasteiger partial charge in [-0.3, -0.25) is 4.90 Å². The lowest BCUT2D eigenvalue weighted by Gasteiger charge is -2.25. The van der Waals surface area contributed by atoms with Crippen molar-refractivity contribution >= 4 is 12.2 Å². The summed E-state index contributed by atoms with van der Waals surface area (Å²) in [5.41, 5.74) is 1.22. The zero-order valence-electron chi connectivity index (χ0n) is 9.66. The van der Waals surface area contributed by atoms with Gasteiger partial charge in [0.2, 0.25) is 0 Å². The Morgan fingerprint density at radius 2 is 2.33 bits per heavy atom. The molecule has 1 aromatic rings. The van der Waals surface area contributed by atoms with E-state index in [2.05, 4.69) is 35.3 Å². The van der Waals surface area contributed by atoms with Crippen LogP contribution in [0, 0.1) is 11.7 Å². The molecule has 3 nitrogen and oxygen atoms in total. The number of nitrogens with one attached hydrogen (secondary N) is 1. The Balaban J connectivity index is 2.04. The number of hydrogen-bond donors (Lipinski definition) is 1. The zero-order valence-corrected chi connectivity index (χ0v) is 10.5. The van der Waals surface area contributed by atoms with Gasteiger partial charge in [0.25, 0.3) is 0 Å². The van der Waals surface area contributed by atoms with Crippen molar-refractivity contribution in [3.63, 3.8) is 0 Å². The molecule has 84 valence electrons. The summed E-state index contributed by atoms with van der Waals surface area (Å²) in [6, 6.07) is 1.37. The quantitative estimate of drug-likeness (QED) is 0.795. The molecule has 1 unspecified atom stereocenters. The van der Waals surface area contributed by atoms with E-state index in [-0.39, 0.29) is 0 Å². The highest BCUT2D eigenvalue weighted by Gasteiger charge is 2.29. The van der Waals surface area contributed by atoms with E-state index in [1.165, 1.54) is 18.5 Å². The molecule has 0 amide bonds. The fourth-order valence-corrected chi connectivity index (χ4v) is 2.22. The molecule has 4 heteroatoms. The van der Waals surface area contributed by atoms with E-state index in [9.17, 15) is 0 Å². The lowest BCUT2D eigenvalue weighted by molar-refractivity contribution is 0.224. The van der Waals surface area contributed by atoms with Gasteiger partial charge < -0.3 is 9.55 Å². The van der Waals surface area contributed by atoms with Gasteiger partial charge in [-0.25, -0.2) is 0 Å². The third-order valence-electron chi connectivity index (χ3n) is 3.34. The molecule has 1 fully saturated rings. The molecule has 0 aromatic carbocycles. The molecular weight excluding hydrogens is 206 g/mol. The van der Waals surface area contributed by atoms with Crippen LogP contribution in [0.3, 0.4) is 0 Å². The Labute approximate surface area is 96.1 Å². The molecule has 1 N–H and O–H groups in total. The maximum Gasteiger partial charge on any atom is 0.177 e. The largest absolute Gasteiger partial charge is 0.337 e. The van der Waals surface area contributed by atoms with Crippen LogP contribution in [0.1, 0.15) is 25.5 Å². The zero-order chi connectivity index (χ0) is 11.0. The maximum absolute atomic E-state index is 5.25. The molecule has 1 aliphatic carbocycles.